The van der Waals surface area contributed by atoms with E-state index in [0.717, 1.165) is 25.3 Å². The van der Waals surface area contributed by atoms with Gasteiger partial charge in [0.15, 0.2) is 0 Å². The van der Waals surface area contributed by atoms with Crippen molar-refractivity contribution in [2.75, 3.05) is 45.4 Å². The predicted octanol–water partition coefficient (Wildman–Crippen LogP) is 1.33. The summed E-state index contributed by atoms with van der Waals surface area (Å²) in [5.74, 6) is 1.17. The Bertz CT molecular complexity index is 418. The van der Waals surface area contributed by atoms with E-state index in [9.17, 15) is 0 Å². The molecule has 6 heteroatoms. The van der Waals surface area contributed by atoms with Crippen molar-refractivity contribution in [1.82, 2.24) is 15.1 Å². The van der Waals surface area contributed by atoms with E-state index >= 15 is 0 Å². The van der Waals surface area contributed by atoms with Crippen molar-refractivity contribution in [1.29, 1.82) is 0 Å². The van der Waals surface area contributed by atoms with Crippen molar-refractivity contribution in [3.8, 4) is 0 Å². The summed E-state index contributed by atoms with van der Waals surface area (Å²) in [6.07, 6.45) is 0. The van der Waals surface area contributed by atoms with Crippen LogP contribution in [0.25, 0.3) is 0 Å². The average Bonchev–Trinajstić information content (AvgIpc) is 2.70. The van der Waals surface area contributed by atoms with Crippen LogP contribution in [0, 0.1) is 6.92 Å². The van der Waals surface area contributed by atoms with Gasteiger partial charge in [-0.25, -0.2) is 0 Å². The summed E-state index contributed by atoms with van der Waals surface area (Å²) in [4.78, 5) is 2.34. The summed E-state index contributed by atoms with van der Waals surface area (Å²) in [6, 6.07) is 0.396. The number of nitrogens with zero attached hydrogens (tertiary/aromatic N) is 3. The van der Waals surface area contributed by atoms with E-state index in [4.69, 9.17) is 9.47 Å². The highest BCUT2D eigenvalue weighted by Crippen LogP contribution is 2.24. The van der Waals surface area contributed by atoms with E-state index in [1.165, 1.54) is 11.4 Å². The van der Waals surface area contributed by atoms with Crippen LogP contribution in [0.3, 0.4) is 0 Å². The van der Waals surface area contributed by atoms with Crippen LogP contribution < -0.4 is 10.2 Å². The van der Waals surface area contributed by atoms with E-state index < -0.39 is 0 Å². The summed E-state index contributed by atoms with van der Waals surface area (Å²) >= 11 is 0. The third-order valence-electron chi connectivity index (χ3n) is 3.53. The number of hydrogen-bond acceptors (Lipinski definition) is 5. The third kappa shape index (κ3) is 4.98. The summed E-state index contributed by atoms with van der Waals surface area (Å²) in [5, 5.41) is 8.00. The topological polar surface area (TPSA) is 51.5 Å². The minimum atomic E-state index is 0.396. The monoisotopic (exact) mass is 298 g/mol. The standard InChI is InChI=1S/C15H30N4O2/c1-12(2)19(8-10-21-6)15-14(11-16-7-9-20-5)13(3)17-18(15)4/h12,16H,7-11H2,1-6H3. The first-order valence-electron chi connectivity index (χ1n) is 7.50. The molecule has 0 aromatic carbocycles. The van der Waals surface area contributed by atoms with Crippen LogP contribution in [0.2, 0.25) is 0 Å². The number of hydrogen-bond donors (Lipinski definition) is 1. The Morgan fingerprint density at radius 2 is 1.90 bits per heavy atom. The lowest BCUT2D eigenvalue weighted by molar-refractivity contribution is 0.199. The normalized spacial score (nSPS) is 11.4. The maximum atomic E-state index is 5.24. The first kappa shape index (κ1) is 17.9. The van der Waals surface area contributed by atoms with Gasteiger partial charge in [-0.05, 0) is 20.8 Å². The van der Waals surface area contributed by atoms with Crippen molar-refractivity contribution >= 4 is 5.82 Å². The van der Waals surface area contributed by atoms with Gasteiger partial charge in [-0.1, -0.05) is 0 Å². The van der Waals surface area contributed by atoms with E-state index in [0.29, 0.717) is 19.3 Å². The second-order valence-electron chi connectivity index (χ2n) is 5.46. The maximum absolute atomic E-state index is 5.24. The van der Waals surface area contributed by atoms with Crippen molar-refractivity contribution in [2.24, 2.45) is 7.05 Å². The Morgan fingerprint density at radius 1 is 1.24 bits per heavy atom. The molecule has 1 aromatic rings. The van der Waals surface area contributed by atoms with Gasteiger partial charge in [-0.15, -0.1) is 0 Å². The quantitative estimate of drug-likeness (QED) is 0.660. The lowest BCUT2D eigenvalue weighted by Gasteiger charge is -2.29. The highest BCUT2D eigenvalue weighted by Gasteiger charge is 2.21. The molecule has 0 radical (unpaired) electrons. The van der Waals surface area contributed by atoms with Gasteiger partial charge < -0.3 is 19.7 Å². The molecule has 1 rings (SSSR count). The Morgan fingerprint density at radius 3 is 2.48 bits per heavy atom. The van der Waals surface area contributed by atoms with Crippen molar-refractivity contribution in [2.45, 2.75) is 33.4 Å². The van der Waals surface area contributed by atoms with E-state index in [1.54, 1.807) is 14.2 Å². The van der Waals surface area contributed by atoms with Crippen LogP contribution in [0.15, 0.2) is 0 Å². The Hall–Kier alpha value is -1.11. The Balaban J connectivity index is 2.91. The predicted molar refractivity (Wildman–Crippen MR) is 85.9 cm³/mol. The van der Waals surface area contributed by atoms with Crippen LogP contribution in [-0.4, -0.2) is 56.3 Å². The van der Waals surface area contributed by atoms with Crippen LogP contribution in [0.4, 0.5) is 5.82 Å². The lowest BCUT2D eigenvalue weighted by atomic mass is 10.2. The van der Waals surface area contributed by atoms with Gasteiger partial charge in [0.25, 0.3) is 0 Å². The van der Waals surface area contributed by atoms with Gasteiger partial charge in [-0.3, -0.25) is 4.68 Å². The molecule has 21 heavy (non-hydrogen) atoms. The molecule has 1 heterocycles. The molecule has 0 spiro atoms. The molecule has 122 valence electrons. The van der Waals surface area contributed by atoms with Crippen molar-refractivity contribution < 1.29 is 9.47 Å². The number of aryl methyl sites for hydroxylation is 2. The fourth-order valence-electron chi connectivity index (χ4n) is 2.44. The fourth-order valence-corrected chi connectivity index (χ4v) is 2.44. The SMILES string of the molecule is COCCNCc1c(C)nn(C)c1N(CCOC)C(C)C. The van der Waals surface area contributed by atoms with Crippen LogP contribution >= 0.6 is 0 Å². The zero-order valence-electron chi connectivity index (χ0n) is 14.3. The minimum absolute atomic E-state index is 0.396. The molecular weight excluding hydrogens is 268 g/mol. The number of nitrogens with one attached hydrogen (secondary N) is 1. The van der Waals surface area contributed by atoms with Crippen molar-refractivity contribution in [3.63, 3.8) is 0 Å². The zero-order chi connectivity index (χ0) is 15.8. The molecule has 0 saturated carbocycles. The molecule has 0 aliphatic heterocycles. The summed E-state index contributed by atoms with van der Waals surface area (Å²) < 4.78 is 12.3. The largest absolute Gasteiger partial charge is 0.383 e. The highest BCUT2D eigenvalue weighted by molar-refractivity contribution is 5.51. The third-order valence-corrected chi connectivity index (χ3v) is 3.53. The fraction of sp³-hybridized carbons (Fsp3) is 0.800. The average molecular weight is 298 g/mol. The molecular formula is C15H30N4O2. The number of anilines is 1. The Kier molecular flexibility index (Phi) is 7.71. The van der Waals surface area contributed by atoms with Gasteiger partial charge >= 0.3 is 0 Å². The van der Waals surface area contributed by atoms with Crippen LogP contribution in [-0.2, 0) is 23.1 Å². The summed E-state index contributed by atoms with van der Waals surface area (Å²) in [6.45, 7) is 10.4. The maximum Gasteiger partial charge on any atom is 0.131 e. The number of methoxy groups -OCH3 is 2. The molecule has 0 aliphatic carbocycles. The molecule has 0 bridgehead atoms. The van der Waals surface area contributed by atoms with E-state index in [2.05, 4.69) is 36.1 Å². The van der Waals surface area contributed by atoms with Crippen molar-refractivity contribution in [3.05, 3.63) is 11.3 Å². The zero-order valence-corrected chi connectivity index (χ0v) is 14.3. The molecule has 6 nitrogen and oxygen atoms in total. The highest BCUT2D eigenvalue weighted by atomic mass is 16.5. The molecule has 0 unspecified atom stereocenters. The number of aromatic nitrogens is 2. The van der Waals surface area contributed by atoms with E-state index in [1.807, 2.05) is 11.7 Å². The first-order chi connectivity index (χ1) is 10.0. The van der Waals surface area contributed by atoms with Crippen LogP contribution in [0.1, 0.15) is 25.1 Å². The van der Waals surface area contributed by atoms with Gasteiger partial charge in [0.05, 0.1) is 18.9 Å². The number of rotatable bonds is 10. The van der Waals surface area contributed by atoms with Crippen LogP contribution in [0.5, 0.6) is 0 Å². The molecule has 0 fully saturated rings. The molecule has 0 atom stereocenters. The second kappa shape index (κ2) is 9.02. The minimum Gasteiger partial charge on any atom is -0.383 e. The van der Waals surface area contributed by atoms with Gasteiger partial charge in [0.2, 0.25) is 0 Å². The lowest BCUT2D eigenvalue weighted by Crippen LogP contribution is -2.36. The van der Waals surface area contributed by atoms with Gasteiger partial charge in [0, 0.05) is 52.5 Å². The van der Waals surface area contributed by atoms with Gasteiger partial charge in [0.1, 0.15) is 5.82 Å². The summed E-state index contributed by atoms with van der Waals surface area (Å²) in [7, 11) is 5.46. The molecule has 0 aliphatic rings. The Labute approximate surface area is 128 Å². The number of ether oxygens (including phenoxy) is 2. The molecule has 1 N–H and O–H groups in total. The second-order valence-corrected chi connectivity index (χ2v) is 5.46. The van der Waals surface area contributed by atoms with Gasteiger partial charge in [-0.2, -0.15) is 5.10 Å². The van der Waals surface area contributed by atoms with E-state index in [-0.39, 0.29) is 0 Å². The molecule has 1 aromatic heterocycles. The smallest absolute Gasteiger partial charge is 0.131 e. The summed E-state index contributed by atoms with van der Waals surface area (Å²) in [5.41, 5.74) is 2.32. The first-order valence-corrected chi connectivity index (χ1v) is 7.50. The molecule has 0 amide bonds. The molecule has 0 saturated heterocycles.